The van der Waals surface area contributed by atoms with Gasteiger partial charge in [0, 0.05) is 31.3 Å². The highest BCUT2D eigenvalue weighted by atomic mass is 35.5. The van der Waals surface area contributed by atoms with Gasteiger partial charge in [-0.3, -0.25) is 14.8 Å². The third kappa shape index (κ3) is 3.23. The molecule has 27 heavy (non-hydrogen) atoms. The Labute approximate surface area is 158 Å². The van der Waals surface area contributed by atoms with Gasteiger partial charge in [0.25, 0.3) is 5.69 Å². The van der Waals surface area contributed by atoms with Gasteiger partial charge in [-0.05, 0) is 31.2 Å². The molecule has 0 radical (unpaired) electrons. The zero-order valence-corrected chi connectivity index (χ0v) is 15.5. The van der Waals surface area contributed by atoms with Crippen LogP contribution in [0.25, 0.3) is 11.1 Å². The summed E-state index contributed by atoms with van der Waals surface area (Å²) in [4.78, 5) is 12.1. The van der Waals surface area contributed by atoms with Crippen LogP contribution in [0, 0.1) is 28.7 Å². The third-order valence-electron chi connectivity index (χ3n) is 4.21. The SMILES string of the molecule is Cc1nn(C)c(N(C)c2c(F)cccc2[N+](=O)[O-])c1-c1ccc(F)cc1Cl. The van der Waals surface area contributed by atoms with Crippen molar-refractivity contribution in [3.05, 3.63) is 68.9 Å². The lowest BCUT2D eigenvalue weighted by Crippen LogP contribution is -2.17. The Morgan fingerprint density at radius 2 is 1.96 bits per heavy atom. The first-order valence-corrected chi connectivity index (χ1v) is 8.25. The van der Waals surface area contributed by atoms with E-state index in [4.69, 9.17) is 11.6 Å². The molecule has 0 aliphatic rings. The fourth-order valence-electron chi connectivity index (χ4n) is 3.13. The summed E-state index contributed by atoms with van der Waals surface area (Å²) in [5.74, 6) is -0.860. The first-order valence-electron chi connectivity index (χ1n) is 7.88. The zero-order valence-electron chi connectivity index (χ0n) is 14.7. The van der Waals surface area contributed by atoms with Crippen molar-refractivity contribution in [1.82, 2.24) is 9.78 Å². The molecule has 2 aromatic carbocycles. The Morgan fingerprint density at radius 1 is 1.26 bits per heavy atom. The highest BCUT2D eigenvalue weighted by Gasteiger charge is 2.28. The van der Waals surface area contributed by atoms with Crippen molar-refractivity contribution in [2.75, 3.05) is 11.9 Å². The normalized spacial score (nSPS) is 10.9. The molecule has 1 heterocycles. The Balaban J connectivity index is 2.27. The Morgan fingerprint density at radius 3 is 2.59 bits per heavy atom. The summed E-state index contributed by atoms with van der Waals surface area (Å²) >= 11 is 6.20. The van der Waals surface area contributed by atoms with E-state index >= 15 is 0 Å². The van der Waals surface area contributed by atoms with Crippen molar-refractivity contribution < 1.29 is 13.7 Å². The van der Waals surface area contributed by atoms with Gasteiger partial charge < -0.3 is 4.90 Å². The van der Waals surface area contributed by atoms with Gasteiger partial charge in [-0.1, -0.05) is 17.7 Å². The summed E-state index contributed by atoms with van der Waals surface area (Å²) in [5, 5.41) is 15.9. The zero-order chi connectivity index (χ0) is 19.9. The minimum atomic E-state index is -0.748. The quantitative estimate of drug-likeness (QED) is 0.463. The number of hydrogen-bond acceptors (Lipinski definition) is 4. The predicted octanol–water partition coefficient (Wildman–Crippen LogP) is 5.00. The summed E-state index contributed by atoms with van der Waals surface area (Å²) in [6, 6.07) is 7.56. The number of halogens is 3. The van der Waals surface area contributed by atoms with Crippen LogP contribution in [0.15, 0.2) is 36.4 Å². The molecule has 9 heteroatoms. The van der Waals surface area contributed by atoms with E-state index in [1.165, 1.54) is 47.0 Å². The number of hydrogen-bond donors (Lipinski definition) is 0. The van der Waals surface area contributed by atoms with Crippen LogP contribution in [-0.2, 0) is 7.05 Å². The lowest BCUT2D eigenvalue weighted by atomic mass is 10.0. The Bertz CT molecular complexity index is 1050. The molecule has 1 aromatic heterocycles. The molecule has 0 spiro atoms. The fourth-order valence-corrected chi connectivity index (χ4v) is 3.39. The second kappa shape index (κ2) is 6.96. The van der Waals surface area contributed by atoms with E-state index in [9.17, 15) is 18.9 Å². The molecule has 140 valence electrons. The molecular weight excluding hydrogens is 378 g/mol. The first kappa shape index (κ1) is 18.8. The van der Waals surface area contributed by atoms with E-state index in [-0.39, 0.29) is 16.4 Å². The van der Waals surface area contributed by atoms with Gasteiger partial charge in [-0.2, -0.15) is 5.10 Å². The third-order valence-corrected chi connectivity index (χ3v) is 4.52. The average Bonchev–Trinajstić information content (AvgIpc) is 2.88. The van der Waals surface area contributed by atoms with Crippen LogP contribution >= 0.6 is 11.6 Å². The molecule has 0 atom stereocenters. The lowest BCUT2D eigenvalue weighted by molar-refractivity contribution is -0.384. The first-order chi connectivity index (χ1) is 12.7. The van der Waals surface area contributed by atoms with Crippen molar-refractivity contribution in [1.29, 1.82) is 0 Å². The summed E-state index contributed by atoms with van der Waals surface area (Å²) < 4.78 is 29.4. The predicted molar refractivity (Wildman–Crippen MR) is 99.5 cm³/mol. The van der Waals surface area contributed by atoms with Crippen molar-refractivity contribution in [3.63, 3.8) is 0 Å². The van der Waals surface area contributed by atoms with Gasteiger partial charge in [0.2, 0.25) is 0 Å². The number of rotatable bonds is 4. The number of aromatic nitrogens is 2. The highest BCUT2D eigenvalue weighted by Crippen LogP contribution is 2.42. The average molecular weight is 393 g/mol. The van der Waals surface area contributed by atoms with Crippen molar-refractivity contribution in [3.8, 4) is 11.1 Å². The maximum Gasteiger partial charge on any atom is 0.295 e. The van der Waals surface area contributed by atoms with Gasteiger partial charge in [0.15, 0.2) is 11.5 Å². The van der Waals surface area contributed by atoms with E-state index in [0.717, 1.165) is 6.07 Å². The van der Waals surface area contributed by atoms with Crippen LogP contribution in [0.3, 0.4) is 0 Å². The number of benzene rings is 2. The van der Waals surface area contributed by atoms with Crippen LogP contribution in [0.4, 0.5) is 26.0 Å². The van der Waals surface area contributed by atoms with Gasteiger partial charge in [0.1, 0.15) is 11.6 Å². The van der Waals surface area contributed by atoms with Crippen molar-refractivity contribution in [2.45, 2.75) is 6.92 Å². The van der Waals surface area contributed by atoms with E-state index < -0.39 is 16.6 Å². The van der Waals surface area contributed by atoms with Gasteiger partial charge in [0.05, 0.1) is 15.6 Å². The fraction of sp³-hybridized carbons (Fsp3) is 0.167. The molecule has 0 saturated heterocycles. The van der Waals surface area contributed by atoms with Crippen molar-refractivity contribution in [2.24, 2.45) is 7.05 Å². The molecule has 0 fully saturated rings. The second-order valence-corrected chi connectivity index (χ2v) is 6.36. The largest absolute Gasteiger partial charge is 0.321 e. The molecule has 0 aliphatic carbocycles. The summed E-state index contributed by atoms with van der Waals surface area (Å²) in [5.41, 5.74) is 0.997. The van der Waals surface area contributed by atoms with Crippen LogP contribution < -0.4 is 4.90 Å². The number of nitrogens with zero attached hydrogens (tertiary/aromatic N) is 4. The number of para-hydroxylation sites is 1. The lowest BCUT2D eigenvalue weighted by Gasteiger charge is -2.22. The van der Waals surface area contributed by atoms with Gasteiger partial charge in [-0.25, -0.2) is 8.78 Å². The summed E-state index contributed by atoms with van der Waals surface area (Å²) in [6.07, 6.45) is 0. The van der Waals surface area contributed by atoms with Crippen LogP contribution in [0.2, 0.25) is 5.02 Å². The molecule has 0 unspecified atom stereocenters. The molecule has 3 rings (SSSR count). The van der Waals surface area contributed by atoms with Crippen LogP contribution in [-0.4, -0.2) is 21.8 Å². The van der Waals surface area contributed by atoms with E-state index in [1.807, 2.05) is 0 Å². The Hall–Kier alpha value is -3.00. The van der Waals surface area contributed by atoms with E-state index in [0.29, 0.717) is 22.6 Å². The van der Waals surface area contributed by atoms with E-state index in [1.54, 1.807) is 14.0 Å². The minimum absolute atomic E-state index is 0.156. The molecule has 0 aliphatic heterocycles. The van der Waals surface area contributed by atoms with E-state index in [2.05, 4.69) is 5.10 Å². The molecule has 6 nitrogen and oxygen atoms in total. The molecular formula is C18H15ClF2N4O2. The number of aryl methyl sites for hydroxylation is 2. The van der Waals surface area contributed by atoms with Crippen LogP contribution in [0.1, 0.15) is 5.69 Å². The van der Waals surface area contributed by atoms with Gasteiger partial charge >= 0.3 is 0 Å². The smallest absolute Gasteiger partial charge is 0.295 e. The summed E-state index contributed by atoms with van der Waals surface area (Å²) in [7, 11) is 3.13. The maximum absolute atomic E-state index is 14.5. The topological polar surface area (TPSA) is 64.2 Å². The minimum Gasteiger partial charge on any atom is -0.321 e. The summed E-state index contributed by atoms with van der Waals surface area (Å²) in [6.45, 7) is 1.72. The molecule has 0 amide bonds. The standard InChI is InChI=1S/C18H15ClF2N4O2/c1-10-16(12-8-7-11(20)9-13(12)19)18(24(3)22-10)23(2)17-14(21)5-4-6-15(17)25(26)27/h4-9H,1-3H3. The number of anilines is 2. The number of nitro benzene ring substituents is 1. The molecule has 0 N–H and O–H groups in total. The maximum atomic E-state index is 14.5. The Kier molecular flexibility index (Phi) is 4.84. The molecule has 3 aromatic rings. The highest BCUT2D eigenvalue weighted by molar-refractivity contribution is 6.33. The van der Waals surface area contributed by atoms with Crippen molar-refractivity contribution >= 4 is 28.8 Å². The van der Waals surface area contributed by atoms with Crippen LogP contribution in [0.5, 0.6) is 0 Å². The molecule has 0 saturated carbocycles. The second-order valence-electron chi connectivity index (χ2n) is 5.96. The monoisotopic (exact) mass is 392 g/mol. The number of nitro groups is 1. The molecule has 0 bridgehead atoms. The van der Waals surface area contributed by atoms with Gasteiger partial charge in [-0.15, -0.1) is 0 Å².